The number of hydrogen-bond donors (Lipinski definition) is 1. The summed E-state index contributed by atoms with van der Waals surface area (Å²) in [6.45, 7) is 4.36. The van der Waals surface area contributed by atoms with Gasteiger partial charge in [0.2, 0.25) is 6.43 Å². The predicted octanol–water partition coefficient (Wildman–Crippen LogP) is 5.03. The smallest absolute Gasteiger partial charge is 0.241 e. The summed E-state index contributed by atoms with van der Waals surface area (Å²) in [6, 6.07) is 15.2. The van der Waals surface area contributed by atoms with Gasteiger partial charge in [-0.15, -0.1) is 11.6 Å². The van der Waals surface area contributed by atoms with E-state index >= 15 is 0 Å². The third-order valence-electron chi connectivity index (χ3n) is 4.38. The Morgan fingerprint density at radius 1 is 0.926 bits per heavy atom. The number of aliphatic hydroxyl groups is 1. The molecule has 2 aromatic carbocycles. The fourth-order valence-electron chi connectivity index (χ4n) is 2.61. The fourth-order valence-corrected chi connectivity index (χ4v) is 2.69. The molecule has 0 aliphatic heterocycles. The highest BCUT2D eigenvalue weighted by molar-refractivity contribution is 6.18. The summed E-state index contributed by atoms with van der Waals surface area (Å²) >= 11 is 5.55. The first-order chi connectivity index (χ1) is 12.8. The predicted molar refractivity (Wildman–Crippen MR) is 103 cm³/mol. The lowest BCUT2D eigenvalue weighted by atomic mass is 9.78. The van der Waals surface area contributed by atoms with Crippen molar-refractivity contribution in [3.8, 4) is 11.5 Å². The number of aliphatic hydroxyl groups excluding tert-OH is 1. The van der Waals surface area contributed by atoms with Gasteiger partial charge in [0, 0.05) is 11.8 Å². The minimum atomic E-state index is -2.35. The number of alkyl halides is 3. The number of rotatable bonds is 10. The molecule has 0 amide bonds. The summed E-state index contributed by atoms with van der Waals surface area (Å²) in [5.74, 6) is 1.38. The standard InChI is InChI=1S/C21H25ClF2O3/c1-21(2,15-3-7-18(8-4-15)26-12-11-20(23)24)16-5-9-19(10-6-16)27-14-17(25)13-22/h3-10,17,20,25H,11-14H2,1-2H3. The minimum Gasteiger partial charge on any atom is -0.493 e. The summed E-state index contributed by atoms with van der Waals surface area (Å²) in [6.07, 6.45) is -3.32. The fraction of sp³-hybridized carbons (Fsp3) is 0.429. The van der Waals surface area contributed by atoms with Crippen LogP contribution < -0.4 is 9.47 Å². The van der Waals surface area contributed by atoms with Crippen LogP contribution in [0.3, 0.4) is 0 Å². The molecule has 0 aromatic heterocycles. The number of halogens is 3. The molecule has 148 valence electrons. The Balaban J connectivity index is 2.02. The zero-order chi connectivity index (χ0) is 19.9. The van der Waals surface area contributed by atoms with E-state index in [0.29, 0.717) is 11.5 Å². The summed E-state index contributed by atoms with van der Waals surface area (Å²) in [4.78, 5) is 0. The van der Waals surface area contributed by atoms with Gasteiger partial charge in [-0.2, -0.15) is 0 Å². The van der Waals surface area contributed by atoms with Gasteiger partial charge in [0.25, 0.3) is 0 Å². The first-order valence-corrected chi connectivity index (χ1v) is 9.35. The Morgan fingerprint density at radius 3 is 1.85 bits per heavy atom. The average Bonchev–Trinajstić information content (AvgIpc) is 2.66. The van der Waals surface area contributed by atoms with E-state index in [0.717, 1.165) is 11.1 Å². The normalized spacial score (nSPS) is 12.9. The van der Waals surface area contributed by atoms with Gasteiger partial charge >= 0.3 is 0 Å². The zero-order valence-electron chi connectivity index (χ0n) is 15.5. The minimum absolute atomic E-state index is 0.000282. The van der Waals surface area contributed by atoms with E-state index in [4.69, 9.17) is 21.1 Å². The molecule has 6 heteroatoms. The average molecular weight is 399 g/mol. The maximum atomic E-state index is 12.2. The van der Waals surface area contributed by atoms with Gasteiger partial charge in [0.1, 0.15) is 24.2 Å². The first kappa shape index (κ1) is 21.5. The molecule has 0 fully saturated rings. The van der Waals surface area contributed by atoms with Crippen molar-refractivity contribution in [2.75, 3.05) is 19.1 Å². The second-order valence-electron chi connectivity index (χ2n) is 6.82. The molecule has 0 saturated heterocycles. The molecule has 2 rings (SSSR count). The van der Waals surface area contributed by atoms with Crippen LogP contribution in [0.4, 0.5) is 8.78 Å². The molecule has 3 nitrogen and oxygen atoms in total. The lowest BCUT2D eigenvalue weighted by Crippen LogP contribution is -2.20. The largest absolute Gasteiger partial charge is 0.493 e. The molecule has 0 saturated carbocycles. The van der Waals surface area contributed by atoms with Crippen molar-refractivity contribution in [2.24, 2.45) is 0 Å². The summed E-state index contributed by atoms with van der Waals surface area (Å²) in [5.41, 5.74) is 1.92. The van der Waals surface area contributed by atoms with Crippen LogP contribution in [-0.4, -0.2) is 36.7 Å². The van der Waals surface area contributed by atoms with E-state index in [1.54, 1.807) is 12.1 Å². The quantitative estimate of drug-likeness (QED) is 0.571. The Labute approximate surface area is 163 Å². The van der Waals surface area contributed by atoms with Gasteiger partial charge < -0.3 is 14.6 Å². The van der Waals surface area contributed by atoms with Gasteiger partial charge in [-0.25, -0.2) is 8.78 Å². The number of benzene rings is 2. The van der Waals surface area contributed by atoms with Crippen molar-refractivity contribution in [3.05, 3.63) is 59.7 Å². The molecular weight excluding hydrogens is 374 g/mol. The van der Waals surface area contributed by atoms with Crippen LogP contribution in [0.2, 0.25) is 0 Å². The summed E-state index contributed by atoms with van der Waals surface area (Å²) < 4.78 is 35.2. The van der Waals surface area contributed by atoms with E-state index in [2.05, 4.69) is 13.8 Å². The van der Waals surface area contributed by atoms with Crippen molar-refractivity contribution in [3.63, 3.8) is 0 Å². The van der Waals surface area contributed by atoms with Gasteiger partial charge in [-0.3, -0.25) is 0 Å². The Morgan fingerprint density at radius 2 is 1.41 bits per heavy atom. The molecule has 2 aromatic rings. The molecule has 27 heavy (non-hydrogen) atoms. The molecule has 0 spiro atoms. The van der Waals surface area contributed by atoms with Gasteiger partial charge in [-0.05, 0) is 35.4 Å². The molecule has 0 aliphatic carbocycles. The van der Waals surface area contributed by atoms with Crippen molar-refractivity contribution in [1.82, 2.24) is 0 Å². The van der Waals surface area contributed by atoms with Crippen molar-refractivity contribution >= 4 is 11.6 Å². The zero-order valence-corrected chi connectivity index (χ0v) is 16.3. The van der Waals surface area contributed by atoms with Crippen molar-refractivity contribution in [1.29, 1.82) is 0 Å². The Kier molecular flexibility index (Phi) is 7.87. The first-order valence-electron chi connectivity index (χ1n) is 8.81. The lowest BCUT2D eigenvalue weighted by molar-refractivity contribution is 0.114. The maximum absolute atomic E-state index is 12.2. The van der Waals surface area contributed by atoms with E-state index < -0.39 is 12.5 Å². The molecular formula is C21H25ClF2O3. The van der Waals surface area contributed by atoms with Crippen LogP contribution in [0.25, 0.3) is 0 Å². The van der Waals surface area contributed by atoms with Crippen LogP contribution in [0, 0.1) is 0 Å². The van der Waals surface area contributed by atoms with Gasteiger partial charge in [0.15, 0.2) is 0 Å². The van der Waals surface area contributed by atoms with Crippen LogP contribution in [0.5, 0.6) is 11.5 Å². The van der Waals surface area contributed by atoms with Crippen molar-refractivity contribution in [2.45, 2.75) is 38.2 Å². The third-order valence-corrected chi connectivity index (χ3v) is 4.73. The third kappa shape index (κ3) is 6.36. The Hall–Kier alpha value is -1.85. The van der Waals surface area contributed by atoms with Crippen molar-refractivity contribution < 1.29 is 23.4 Å². The number of hydrogen-bond acceptors (Lipinski definition) is 3. The molecule has 1 N–H and O–H groups in total. The van der Waals surface area contributed by atoms with Crippen LogP contribution in [-0.2, 0) is 5.41 Å². The lowest BCUT2D eigenvalue weighted by Gasteiger charge is -2.26. The molecule has 0 aliphatic rings. The molecule has 0 radical (unpaired) electrons. The molecule has 1 atom stereocenters. The molecule has 1 unspecified atom stereocenters. The van der Waals surface area contributed by atoms with Gasteiger partial charge in [-0.1, -0.05) is 38.1 Å². The van der Waals surface area contributed by atoms with Crippen LogP contribution in [0.1, 0.15) is 31.4 Å². The highest BCUT2D eigenvalue weighted by Crippen LogP contribution is 2.33. The number of ether oxygens (including phenoxy) is 2. The summed E-state index contributed by atoms with van der Waals surface area (Å²) in [5, 5.41) is 9.45. The van der Waals surface area contributed by atoms with E-state index in [1.807, 2.05) is 36.4 Å². The maximum Gasteiger partial charge on any atom is 0.241 e. The highest BCUT2D eigenvalue weighted by atomic mass is 35.5. The molecule has 0 bridgehead atoms. The van der Waals surface area contributed by atoms with Gasteiger partial charge in [0.05, 0.1) is 12.5 Å². The van der Waals surface area contributed by atoms with Crippen LogP contribution >= 0.6 is 11.6 Å². The van der Waals surface area contributed by atoms with E-state index in [-0.39, 0.29) is 30.9 Å². The SMILES string of the molecule is CC(C)(c1ccc(OCCC(F)F)cc1)c1ccc(OCC(O)CCl)cc1. The second-order valence-corrected chi connectivity index (χ2v) is 7.13. The second kappa shape index (κ2) is 9.90. The topological polar surface area (TPSA) is 38.7 Å². The monoisotopic (exact) mass is 398 g/mol. The summed E-state index contributed by atoms with van der Waals surface area (Å²) in [7, 11) is 0. The van der Waals surface area contributed by atoms with E-state index in [9.17, 15) is 13.9 Å². The Bertz CT molecular complexity index is 688. The van der Waals surface area contributed by atoms with Crippen LogP contribution in [0.15, 0.2) is 48.5 Å². The van der Waals surface area contributed by atoms with E-state index in [1.165, 1.54) is 0 Å². The molecule has 0 heterocycles. The highest BCUT2D eigenvalue weighted by Gasteiger charge is 2.23.